The molecule has 0 heterocycles. The number of carbonyl (C=O) groups excluding carboxylic acids is 1. The molecule has 0 radical (unpaired) electrons. The fraction of sp³-hybridized carbons (Fsp3) is 0.235. The van der Waals surface area contributed by atoms with Crippen molar-refractivity contribution in [2.75, 3.05) is 17.3 Å². The molecule has 0 saturated heterocycles. The number of rotatable bonds is 8. The summed E-state index contributed by atoms with van der Waals surface area (Å²) in [6.07, 6.45) is 2.16. The monoisotopic (exact) mass is 414 g/mol. The Morgan fingerprint density at radius 3 is 2.58 bits per heavy atom. The zero-order chi connectivity index (χ0) is 19.2. The first-order chi connectivity index (χ1) is 12.3. The molecule has 0 aliphatic heterocycles. The number of amides is 1. The van der Waals surface area contributed by atoms with Crippen LogP contribution in [0, 0.1) is 0 Å². The van der Waals surface area contributed by atoms with Gasteiger partial charge in [0.1, 0.15) is 11.8 Å². The van der Waals surface area contributed by atoms with Crippen LogP contribution in [0.4, 0.5) is 5.69 Å². The highest BCUT2D eigenvalue weighted by molar-refractivity contribution is 7.98. The van der Waals surface area contributed by atoms with Gasteiger partial charge in [0.25, 0.3) is 0 Å². The first kappa shape index (κ1) is 20.6. The fourth-order valence-corrected chi connectivity index (χ4v) is 4.06. The molecule has 3 N–H and O–H groups in total. The zero-order valence-corrected chi connectivity index (χ0v) is 16.4. The maximum absolute atomic E-state index is 12.6. The van der Waals surface area contributed by atoms with Gasteiger partial charge in [0.2, 0.25) is 15.9 Å². The highest BCUT2D eigenvalue weighted by Gasteiger charge is 2.26. The Morgan fingerprint density at radius 1 is 1.23 bits per heavy atom. The molecule has 1 unspecified atom stereocenters. The Morgan fingerprint density at radius 2 is 1.92 bits per heavy atom. The van der Waals surface area contributed by atoms with E-state index in [0.717, 1.165) is 0 Å². The summed E-state index contributed by atoms with van der Waals surface area (Å²) in [7, 11) is -3.85. The molecule has 0 spiro atoms. The summed E-state index contributed by atoms with van der Waals surface area (Å²) in [5.74, 6) is -0.148. The fourth-order valence-electron chi connectivity index (χ4n) is 2.16. The van der Waals surface area contributed by atoms with Crippen LogP contribution < -0.4 is 10.0 Å². The van der Waals surface area contributed by atoms with Crippen molar-refractivity contribution in [3.8, 4) is 5.75 Å². The van der Waals surface area contributed by atoms with Gasteiger partial charge in [-0.1, -0.05) is 29.8 Å². The highest BCUT2D eigenvalue weighted by atomic mass is 35.5. The molecule has 2 rings (SSSR count). The number of phenols is 1. The summed E-state index contributed by atoms with van der Waals surface area (Å²) in [6.45, 7) is 0. The summed E-state index contributed by atoms with van der Waals surface area (Å²) in [6, 6.07) is 11.1. The summed E-state index contributed by atoms with van der Waals surface area (Å²) in [5.41, 5.74) is 0.121. The molecule has 26 heavy (non-hydrogen) atoms. The minimum Gasteiger partial charge on any atom is -0.506 e. The molecule has 9 heteroatoms. The van der Waals surface area contributed by atoms with Crippen LogP contribution in [0.2, 0.25) is 5.02 Å². The van der Waals surface area contributed by atoms with Crippen molar-refractivity contribution >= 4 is 45.0 Å². The molecule has 0 aliphatic carbocycles. The van der Waals surface area contributed by atoms with Gasteiger partial charge in [-0.15, -0.1) is 0 Å². The van der Waals surface area contributed by atoms with Crippen molar-refractivity contribution in [3.63, 3.8) is 0 Å². The average molecular weight is 415 g/mol. The molecule has 0 fully saturated rings. The van der Waals surface area contributed by atoms with Crippen LogP contribution in [-0.4, -0.2) is 37.5 Å². The molecule has 1 amide bonds. The predicted molar refractivity (Wildman–Crippen MR) is 105 cm³/mol. The van der Waals surface area contributed by atoms with E-state index in [1.807, 2.05) is 6.26 Å². The number of hydrogen-bond acceptors (Lipinski definition) is 5. The van der Waals surface area contributed by atoms with Gasteiger partial charge < -0.3 is 10.4 Å². The first-order valence-electron chi connectivity index (χ1n) is 7.69. The van der Waals surface area contributed by atoms with E-state index in [-0.39, 0.29) is 16.3 Å². The van der Waals surface area contributed by atoms with E-state index in [4.69, 9.17) is 11.6 Å². The van der Waals surface area contributed by atoms with Crippen molar-refractivity contribution in [2.45, 2.75) is 17.4 Å². The number of sulfonamides is 1. The standard InChI is InChI=1S/C17H19ClN2O4S2/c1-25-10-9-14(20-26(23,24)13-5-3-2-4-6-13)17(22)19-15-11-12(18)7-8-16(15)21/h2-8,11,14,20-21H,9-10H2,1H3,(H,19,22). The van der Waals surface area contributed by atoms with E-state index in [1.165, 1.54) is 42.1 Å². The SMILES string of the molecule is CSCCC(NS(=O)(=O)c1ccccc1)C(=O)Nc1cc(Cl)ccc1O. The van der Waals surface area contributed by atoms with Crippen molar-refractivity contribution in [1.29, 1.82) is 0 Å². The molecule has 140 valence electrons. The average Bonchev–Trinajstić information content (AvgIpc) is 2.62. The first-order valence-corrected chi connectivity index (χ1v) is 10.9. The van der Waals surface area contributed by atoms with Gasteiger partial charge in [-0.2, -0.15) is 16.5 Å². The van der Waals surface area contributed by atoms with E-state index in [0.29, 0.717) is 17.2 Å². The molecule has 0 aromatic heterocycles. The van der Waals surface area contributed by atoms with E-state index >= 15 is 0 Å². The topological polar surface area (TPSA) is 95.5 Å². The number of aromatic hydroxyl groups is 1. The van der Waals surface area contributed by atoms with Gasteiger partial charge in [0.15, 0.2) is 0 Å². The van der Waals surface area contributed by atoms with Crippen LogP contribution in [0.1, 0.15) is 6.42 Å². The third-order valence-electron chi connectivity index (χ3n) is 3.49. The number of nitrogens with one attached hydrogen (secondary N) is 2. The number of anilines is 1. The van der Waals surface area contributed by atoms with E-state index in [9.17, 15) is 18.3 Å². The summed E-state index contributed by atoms with van der Waals surface area (Å²) in [4.78, 5) is 12.7. The van der Waals surface area contributed by atoms with Crippen LogP contribution in [0.5, 0.6) is 5.75 Å². The molecule has 0 saturated carbocycles. The van der Waals surface area contributed by atoms with E-state index < -0.39 is 22.0 Å². The lowest BCUT2D eigenvalue weighted by molar-refractivity contribution is -0.117. The van der Waals surface area contributed by atoms with Crippen LogP contribution in [0.25, 0.3) is 0 Å². The van der Waals surface area contributed by atoms with E-state index in [2.05, 4.69) is 10.0 Å². The second kappa shape index (κ2) is 9.27. The van der Waals surface area contributed by atoms with Gasteiger partial charge in [0, 0.05) is 5.02 Å². The third-order valence-corrected chi connectivity index (χ3v) is 5.86. The maximum atomic E-state index is 12.6. The number of benzene rings is 2. The maximum Gasteiger partial charge on any atom is 0.242 e. The number of halogens is 1. The lowest BCUT2D eigenvalue weighted by atomic mass is 10.2. The Balaban J connectivity index is 2.20. The number of phenolic OH excluding ortho intramolecular Hbond substituents is 1. The molecular formula is C17H19ClN2O4S2. The quantitative estimate of drug-likeness (QED) is 0.577. The Hall–Kier alpha value is -1.74. The van der Waals surface area contributed by atoms with Crippen molar-refractivity contribution in [3.05, 3.63) is 53.6 Å². The minimum absolute atomic E-state index is 0.0764. The van der Waals surface area contributed by atoms with Crippen molar-refractivity contribution in [2.24, 2.45) is 0 Å². The molecule has 1 atom stereocenters. The molecule has 0 bridgehead atoms. The van der Waals surface area contributed by atoms with Crippen molar-refractivity contribution < 1.29 is 18.3 Å². The number of hydrogen-bond donors (Lipinski definition) is 3. The van der Waals surface area contributed by atoms with E-state index in [1.54, 1.807) is 18.2 Å². The number of thioether (sulfide) groups is 1. The lowest BCUT2D eigenvalue weighted by Crippen LogP contribution is -2.44. The molecule has 2 aromatic rings. The van der Waals surface area contributed by atoms with Crippen LogP contribution >= 0.6 is 23.4 Å². The van der Waals surface area contributed by atoms with Crippen LogP contribution in [-0.2, 0) is 14.8 Å². The third kappa shape index (κ3) is 5.63. The Labute approximate surface area is 162 Å². The van der Waals surface area contributed by atoms with Crippen LogP contribution in [0.15, 0.2) is 53.4 Å². The minimum atomic E-state index is -3.85. The lowest BCUT2D eigenvalue weighted by Gasteiger charge is -2.18. The normalized spacial score (nSPS) is 12.5. The van der Waals surface area contributed by atoms with Gasteiger partial charge >= 0.3 is 0 Å². The second-order valence-electron chi connectivity index (χ2n) is 5.42. The smallest absolute Gasteiger partial charge is 0.242 e. The Kier molecular flexibility index (Phi) is 7.33. The van der Waals surface area contributed by atoms with Gasteiger partial charge in [-0.05, 0) is 48.8 Å². The molecule has 2 aromatic carbocycles. The zero-order valence-electron chi connectivity index (χ0n) is 14.0. The largest absolute Gasteiger partial charge is 0.506 e. The van der Waals surface area contributed by atoms with Gasteiger partial charge in [-0.25, -0.2) is 8.42 Å². The Bertz CT molecular complexity index is 860. The second-order valence-corrected chi connectivity index (χ2v) is 8.56. The van der Waals surface area contributed by atoms with Gasteiger partial charge in [0.05, 0.1) is 10.6 Å². The summed E-state index contributed by atoms with van der Waals surface area (Å²) < 4.78 is 27.5. The summed E-state index contributed by atoms with van der Waals surface area (Å²) >= 11 is 7.37. The molecule has 0 aliphatic rings. The van der Waals surface area contributed by atoms with Crippen LogP contribution in [0.3, 0.4) is 0 Å². The number of carbonyl (C=O) groups is 1. The van der Waals surface area contributed by atoms with Crippen molar-refractivity contribution in [1.82, 2.24) is 4.72 Å². The summed E-state index contributed by atoms with van der Waals surface area (Å²) in [5, 5.41) is 12.7. The van der Waals surface area contributed by atoms with Gasteiger partial charge in [-0.3, -0.25) is 4.79 Å². The highest BCUT2D eigenvalue weighted by Crippen LogP contribution is 2.27. The predicted octanol–water partition coefficient (Wildman–Crippen LogP) is 3.08. The molecular weight excluding hydrogens is 396 g/mol. The molecule has 6 nitrogen and oxygen atoms in total.